The van der Waals surface area contributed by atoms with E-state index in [9.17, 15) is 0 Å². The summed E-state index contributed by atoms with van der Waals surface area (Å²) in [7, 11) is -0.420. The molecule has 1 aliphatic heterocycles. The Hall–Kier alpha value is -2.71. The standard InChI is InChI=1S/C26H34BN5O2/c1-25(2)26(3,4)34-27(33-25)20-13-11-12-19(18-20)23(28-21-14-7-5-8-15-21)24-29-30-31-32(24)22-16-9-6-10-17-22/h5,7-8,11-15,18,22-23,28H,6,9-10,16-17H2,1-4H3. The number of hydrogen-bond acceptors (Lipinski definition) is 6. The van der Waals surface area contributed by atoms with E-state index in [0.29, 0.717) is 6.04 Å². The third-order valence-corrected chi connectivity index (χ3v) is 7.55. The van der Waals surface area contributed by atoms with Crippen LogP contribution >= 0.6 is 0 Å². The number of nitrogens with zero attached hydrogens (tertiary/aromatic N) is 4. The van der Waals surface area contributed by atoms with Crippen LogP contribution in [0.5, 0.6) is 0 Å². The predicted octanol–water partition coefficient (Wildman–Crippen LogP) is 4.68. The zero-order valence-corrected chi connectivity index (χ0v) is 20.6. The maximum Gasteiger partial charge on any atom is 0.494 e. The molecular weight excluding hydrogens is 425 g/mol. The molecule has 2 aromatic carbocycles. The summed E-state index contributed by atoms with van der Waals surface area (Å²) in [5.74, 6) is 0.835. The Kier molecular flexibility index (Phi) is 6.21. The summed E-state index contributed by atoms with van der Waals surface area (Å²) in [6, 6.07) is 18.8. The molecule has 1 unspecified atom stereocenters. The second-order valence-corrected chi connectivity index (χ2v) is 10.5. The van der Waals surface area contributed by atoms with Crippen molar-refractivity contribution in [2.75, 3.05) is 5.32 Å². The van der Waals surface area contributed by atoms with E-state index in [2.05, 4.69) is 84.9 Å². The van der Waals surface area contributed by atoms with Gasteiger partial charge < -0.3 is 14.6 Å². The van der Waals surface area contributed by atoms with Crippen LogP contribution < -0.4 is 10.8 Å². The van der Waals surface area contributed by atoms with Crippen LogP contribution in [-0.4, -0.2) is 38.5 Å². The third-order valence-electron chi connectivity index (χ3n) is 7.55. The first-order valence-corrected chi connectivity index (χ1v) is 12.4. The summed E-state index contributed by atoms with van der Waals surface area (Å²) < 4.78 is 14.7. The van der Waals surface area contributed by atoms with Gasteiger partial charge >= 0.3 is 7.12 Å². The molecule has 5 rings (SSSR count). The Morgan fingerprint density at radius 3 is 2.35 bits per heavy atom. The van der Waals surface area contributed by atoms with Crippen LogP contribution in [0.1, 0.15) is 83.3 Å². The topological polar surface area (TPSA) is 74.1 Å². The van der Waals surface area contributed by atoms with Gasteiger partial charge in [-0.05, 0) is 74.1 Å². The number of aromatic nitrogens is 4. The van der Waals surface area contributed by atoms with Crippen LogP contribution in [0.25, 0.3) is 0 Å². The molecule has 0 bridgehead atoms. The number of para-hydroxylation sites is 1. The van der Waals surface area contributed by atoms with E-state index in [0.717, 1.165) is 35.4 Å². The maximum atomic E-state index is 6.32. The van der Waals surface area contributed by atoms with E-state index >= 15 is 0 Å². The van der Waals surface area contributed by atoms with Crippen molar-refractivity contribution < 1.29 is 9.31 Å². The quantitative estimate of drug-likeness (QED) is 0.540. The number of benzene rings is 2. The van der Waals surface area contributed by atoms with Gasteiger partial charge in [-0.15, -0.1) is 5.10 Å². The van der Waals surface area contributed by atoms with Crippen molar-refractivity contribution in [3.63, 3.8) is 0 Å². The van der Waals surface area contributed by atoms with E-state index in [1.807, 2.05) is 22.9 Å². The Labute approximate surface area is 202 Å². The molecule has 7 nitrogen and oxygen atoms in total. The van der Waals surface area contributed by atoms with Crippen LogP contribution in [0, 0.1) is 0 Å². The zero-order chi connectivity index (χ0) is 23.8. The Morgan fingerprint density at radius 1 is 0.941 bits per heavy atom. The molecule has 2 fully saturated rings. The highest BCUT2D eigenvalue weighted by atomic mass is 16.7. The van der Waals surface area contributed by atoms with Gasteiger partial charge in [0.1, 0.15) is 6.04 Å². The van der Waals surface area contributed by atoms with Gasteiger partial charge in [0.2, 0.25) is 0 Å². The lowest BCUT2D eigenvalue weighted by molar-refractivity contribution is 0.00578. The molecule has 1 atom stereocenters. The zero-order valence-electron chi connectivity index (χ0n) is 20.6. The van der Waals surface area contributed by atoms with E-state index in [-0.39, 0.29) is 17.2 Å². The molecule has 1 saturated carbocycles. The minimum absolute atomic E-state index is 0.207. The van der Waals surface area contributed by atoms with E-state index in [1.54, 1.807) is 0 Å². The van der Waals surface area contributed by atoms with E-state index in [4.69, 9.17) is 9.31 Å². The monoisotopic (exact) mass is 459 g/mol. The molecule has 2 heterocycles. The molecule has 1 aliphatic carbocycles. The minimum atomic E-state index is -0.420. The second-order valence-electron chi connectivity index (χ2n) is 10.5. The molecule has 1 saturated heterocycles. The minimum Gasteiger partial charge on any atom is -0.399 e. The molecule has 178 valence electrons. The molecule has 1 N–H and O–H groups in total. The Balaban J connectivity index is 1.51. The summed E-state index contributed by atoms with van der Waals surface area (Å²) >= 11 is 0. The van der Waals surface area contributed by atoms with Gasteiger partial charge in [0.05, 0.1) is 17.2 Å². The first kappa shape index (κ1) is 23.1. The lowest BCUT2D eigenvalue weighted by atomic mass is 9.78. The van der Waals surface area contributed by atoms with Gasteiger partial charge in [-0.25, -0.2) is 4.68 Å². The fraction of sp³-hybridized carbons (Fsp3) is 0.500. The van der Waals surface area contributed by atoms with Gasteiger partial charge in [0.25, 0.3) is 0 Å². The smallest absolute Gasteiger partial charge is 0.399 e. The average molecular weight is 459 g/mol. The van der Waals surface area contributed by atoms with Gasteiger partial charge in [-0.1, -0.05) is 61.7 Å². The van der Waals surface area contributed by atoms with Crippen LogP contribution in [0.15, 0.2) is 54.6 Å². The van der Waals surface area contributed by atoms with Crippen LogP contribution in [-0.2, 0) is 9.31 Å². The summed E-state index contributed by atoms with van der Waals surface area (Å²) in [4.78, 5) is 0. The van der Waals surface area contributed by atoms with Gasteiger partial charge in [-0.2, -0.15) is 0 Å². The lowest BCUT2D eigenvalue weighted by Crippen LogP contribution is -2.41. The highest BCUT2D eigenvalue weighted by Gasteiger charge is 2.51. The highest BCUT2D eigenvalue weighted by Crippen LogP contribution is 2.37. The van der Waals surface area contributed by atoms with Crippen molar-refractivity contribution >= 4 is 18.3 Å². The molecule has 3 aromatic rings. The average Bonchev–Trinajstić information content (AvgIpc) is 3.40. The molecule has 1 aromatic heterocycles. The largest absolute Gasteiger partial charge is 0.494 e. The maximum absolute atomic E-state index is 6.32. The van der Waals surface area contributed by atoms with Crippen molar-refractivity contribution in [1.29, 1.82) is 0 Å². The van der Waals surface area contributed by atoms with Crippen molar-refractivity contribution in [1.82, 2.24) is 20.2 Å². The molecule has 2 aliphatic rings. The van der Waals surface area contributed by atoms with Crippen LogP contribution in [0.3, 0.4) is 0 Å². The van der Waals surface area contributed by atoms with Crippen LogP contribution in [0.4, 0.5) is 5.69 Å². The molecule has 0 radical (unpaired) electrons. The second kappa shape index (κ2) is 9.15. The predicted molar refractivity (Wildman–Crippen MR) is 134 cm³/mol. The number of hydrogen-bond donors (Lipinski definition) is 1. The van der Waals surface area contributed by atoms with Gasteiger partial charge in [0.15, 0.2) is 5.82 Å². The SMILES string of the molecule is CC1(C)OB(c2cccc(C(Nc3ccccc3)c3nnnn3C3CCCCC3)c2)OC1(C)C. The molecule has 0 spiro atoms. The molecular formula is C26H34BN5O2. The fourth-order valence-corrected chi connectivity index (χ4v) is 4.84. The summed E-state index contributed by atoms with van der Waals surface area (Å²) in [6.45, 7) is 8.31. The van der Waals surface area contributed by atoms with E-state index < -0.39 is 7.12 Å². The van der Waals surface area contributed by atoms with Gasteiger partial charge in [0, 0.05) is 5.69 Å². The van der Waals surface area contributed by atoms with Crippen molar-refractivity contribution in [3.05, 3.63) is 66.0 Å². The first-order chi connectivity index (χ1) is 16.3. The number of rotatable bonds is 6. The summed E-state index contributed by atoms with van der Waals surface area (Å²) in [6.07, 6.45) is 5.96. The summed E-state index contributed by atoms with van der Waals surface area (Å²) in [5.41, 5.74) is 2.31. The molecule has 34 heavy (non-hydrogen) atoms. The Morgan fingerprint density at radius 2 is 1.65 bits per heavy atom. The lowest BCUT2D eigenvalue weighted by Gasteiger charge is -2.32. The number of tetrazole rings is 1. The van der Waals surface area contributed by atoms with Crippen molar-refractivity contribution in [3.8, 4) is 0 Å². The van der Waals surface area contributed by atoms with Crippen molar-refractivity contribution in [2.24, 2.45) is 0 Å². The van der Waals surface area contributed by atoms with Crippen molar-refractivity contribution in [2.45, 2.75) is 83.1 Å². The van der Waals surface area contributed by atoms with Gasteiger partial charge in [-0.3, -0.25) is 0 Å². The van der Waals surface area contributed by atoms with Crippen LogP contribution in [0.2, 0.25) is 0 Å². The number of nitrogens with one attached hydrogen (secondary N) is 1. The number of anilines is 1. The summed E-state index contributed by atoms with van der Waals surface area (Å²) in [5, 5.41) is 16.7. The fourth-order valence-electron chi connectivity index (χ4n) is 4.84. The van der Waals surface area contributed by atoms with E-state index in [1.165, 1.54) is 19.3 Å². The molecule has 0 amide bonds. The Bertz CT molecular complexity index is 1100. The highest BCUT2D eigenvalue weighted by molar-refractivity contribution is 6.62. The molecule has 8 heteroatoms. The first-order valence-electron chi connectivity index (χ1n) is 12.4. The normalized spacial score (nSPS) is 20.9. The third kappa shape index (κ3) is 4.49.